The highest BCUT2D eigenvalue weighted by molar-refractivity contribution is 6.39. The summed E-state index contributed by atoms with van der Waals surface area (Å²) in [5, 5.41) is 27.1. The normalized spacial score (nSPS) is 12.9. The minimum atomic E-state index is -1.56. The summed E-state index contributed by atoms with van der Waals surface area (Å²) in [6.07, 6.45) is 0. The number of rotatable bonds is 5. The Morgan fingerprint density at radius 1 is 1.17 bits per heavy atom. The maximum atomic E-state index is 12.1. The van der Waals surface area contributed by atoms with Crippen LogP contribution in [0.25, 0.3) is 11.0 Å². The Balaban J connectivity index is 1.67. The van der Waals surface area contributed by atoms with Crippen molar-refractivity contribution in [2.75, 3.05) is 11.9 Å². The second-order valence-electron chi connectivity index (χ2n) is 6.84. The summed E-state index contributed by atoms with van der Waals surface area (Å²) < 4.78 is 5.60. The molecule has 9 nitrogen and oxygen atoms in total. The van der Waals surface area contributed by atoms with E-state index in [0.29, 0.717) is 11.1 Å². The smallest absolute Gasteiger partial charge is 0.313 e. The second-order valence-corrected chi connectivity index (χ2v) is 6.84. The molecule has 0 fully saturated rings. The molecule has 0 radical (unpaired) electrons. The molecule has 0 saturated heterocycles. The summed E-state index contributed by atoms with van der Waals surface area (Å²) in [6, 6.07) is 13.1. The molecule has 9 heteroatoms. The van der Waals surface area contributed by atoms with Gasteiger partial charge in [0.25, 0.3) is 5.69 Å². The number of fused-ring (bicyclic) bond motifs is 1. The number of furan rings is 1. The number of nitrogens with one attached hydrogen (secondary N) is 2. The van der Waals surface area contributed by atoms with E-state index >= 15 is 0 Å². The number of hydrogen-bond donors (Lipinski definition) is 3. The molecule has 1 atom stereocenters. The quantitative estimate of drug-likeness (QED) is 0.344. The first-order valence-electron chi connectivity index (χ1n) is 8.73. The second kappa shape index (κ2) is 7.72. The molecular formula is C20H19N3O6. The van der Waals surface area contributed by atoms with Crippen LogP contribution in [0.5, 0.6) is 0 Å². The first kappa shape index (κ1) is 20.0. The standard InChI is InChI=1S/C20H19N3O6/c1-12-7-8-14(15(9-12)23(27)28)22-19(25)18(24)21-11-20(2,26)17-10-13-5-3-4-6-16(13)29-17/h3-10,26H,11H2,1-2H3,(H,21,24)(H,22,25). The van der Waals surface area contributed by atoms with Gasteiger partial charge in [0.05, 0.1) is 11.5 Å². The molecule has 3 rings (SSSR count). The van der Waals surface area contributed by atoms with Crippen molar-refractivity contribution in [1.29, 1.82) is 0 Å². The Kier molecular flexibility index (Phi) is 5.33. The minimum Gasteiger partial charge on any atom is -0.458 e. The van der Waals surface area contributed by atoms with Gasteiger partial charge < -0.3 is 20.2 Å². The molecule has 1 unspecified atom stereocenters. The van der Waals surface area contributed by atoms with Gasteiger partial charge in [-0.3, -0.25) is 19.7 Å². The summed E-state index contributed by atoms with van der Waals surface area (Å²) >= 11 is 0. The van der Waals surface area contributed by atoms with Gasteiger partial charge in [0, 0.05) is 11.5 Å². The molecule has 0 aliphatic heterocycles. The molecule has 0 saturated carbocycles. The van der Waals surface area contributed by atoms with Gasteiger partial charge >= 0.3 is 11.8 Å². The Morgan fingerprint density at radius 2 is 1.90 bits per heavy atom. The number of benzene rings is 2. The number of carbonyl (C=O) groups excluding carboxylic acids is 2. The number of anilines is 1. The number of aryl methyl sites for hydroxylation is 1. The number of nitro benzene ring substituents is 1. The third-order valence-electron chi connectivity index (χ3n) is 4.35. The number of amides is 2. The third kappa shape index (κ3) is 4.41. The number of para-hydroxylation sites is 1. The van der Waals surface area contributed by atoms with Crippen molar-refractivity contribution < 1.29 is 24.0 Å². The van der Waals surface area contributed by atoms with Gasteiger partial charge in [-0.15, -0.1) is 0 Å². The first-order valence-corrected chi connectivity index (χ1v) is 8.73. The number of carbonyl (C=O) groups is 2. The van der Waals surface area contributed by atoms with Crippen molar-refractivity contribution in [3.63, 3.8) is 0 Å². The molecule has 3 N–H and O–H groups in total. The van der Waals surface area contributed by atoms with Crippen molar-refractivity contribution in [3.8, 4) is 0 Å². The van der Waals surface area contributed by atoms with E-state index in [1.54, 1.807) is 31.2 Å². The summed E-state index contributed by atoms with van der Waals surface area (Å²) in [5.41, 5.74) is -0.755. The summed E-state index contributed by atoms with van der Waals surface area (Å²) in [4.78, 5) is 34.7. The monoisotopic (exact) mass is 397 g/mol. The van der Waals surface area contributed by atoms with E-state index in [1.165, 1.54) is 19.1 Å². The van der Waals surface area contributed by atoms with Gasteiger partial charge in [0.2, 0.25) is 0 Å². The van der Waals surface area contributed by atoms with E-state index in [4.69, 9.17) is 4.42 Å². The lowest BCUT2D eigenvalue weighted by atomic mass is 10.0. The van der Waals surface area contributed by atoms with Gasteiger partial charge in [0.15, 0.2) is 0 Å². The van der Waals surface area contributed by atoms with Crippen LogP contribution in [0.15, 0.2) is 52.9 Å². The molecule has 29 heavy (non-hydrogen) atoms. The highest BCUT2D eigenvalue weighted by Gasteiger charge is 2.29. The molecule has 0 aliphatic rings. The molecule has 2 amide bonds. The fourth-order valence-electron chi connectivity index (χ4n) is 2.74. The van der Waals surface area contributed by atoms with E-state index in [9.17, 15) is 24.8 Å². The molecule has 1 aromatic heterocycles. The molecule has 0 spiro atoms. The van der Waals surface area contributed by atoms with Gasteiger partial charge in [-0.25, -0.2) is 0 Å². The SMILES string of the molecule is Cc1ccc(NC(=O)C(=O)NCC(C)(O)c2cc3ccccc3o2)c([N+](=O)[O-])c1. The van der Waals surface area contributed by atoms with Gasteiger partial charge in [-0.1, -0.05) is 24.3 Å². The topological polar surface area (TPSA) is 135 Å². The van der Waals surface area contributed by atoms with E-state index < -0.39 is 22.3 Å². The molecule has 1 heterocycles. The summed E-state index contributed by atoms with van der Waals surface area (Å²) in [6.45, 7) is 2.81. The summed E-state index contributed by atoms with van der Waals surface area (Å²) in [5.74, 6) is -1.90. The lowest BCUT2D eigenvalue weighted by molar-refractivity contribution is -0.384. The Bertz CT molecular complexity index is 1070. The van der Waals surface area contributed by atoms with Crippen molar-refractivity contribution in [2.45, 2.75) is 19.4 Å². The summed E-state index contributed by atoms with van der Waals surface area (Å²) in [7, 11) is 0. The van der Waals surface area contributed by atoms with Crippen LogP contribution in [0.2, 0.25) is 0 Å². The number of nitro groups is 1. The third-order valence-corrected chi connectivity index (χ3v) is 4.35. The maximum Gasteiger partial charge on any atom is 0.313 e. The predicted octanol–water partition coefficient (Wildman–Crippen LogP) is 2.61. The average molecular weight is 397 g/mol. The van der Waals surface area contributed by atoms with Gasteiger partial charge in [-0.05, 0) is 37.6 Å². The van der Waals surface area contributed by atoms with Crippen molar-refractivity contribution in [2.24, 2.45) is 0 Å². The van der Waals surface area contributed by atoms with Crippen LogP contribution in [-0.4, -0.2) is 28.4 Å². The van der Waals surface area contributed by atoms with Crippen LogP contribution in [0, 0.1) is 17.0 Å². The Morgan fingerprint density at radius 3 is 2.59 bits per heavy atom. The van der Waals surface area contributed by atoms with Crippen LogP contribution in [0.3, 0.4) is 0 Å². The molecule has 2 aromatic carbocycles. The lowest BCUT2D eigenvalue weighted by Crippen LogP contribution is -2.43. The first-order chi connectivity index (χ1) is 13.7. The van der Waals surface area contributed by atoms with Crippen molar-refractivity contribution in [3.05, 3.63) is 70.0 Å². The van der Waals surface area contributed by atoms with Crippen LogP contribution < -0.4 is 10.6 Å². The van der Waals surface area contributed by atoms with E-state index in [1.807, 2.05) is 12.1 Å². The zero-order valence-corrected chi connectivity index (χ0v) is 15.8. The molecule has 150 valence electrons. The minimum absolute atomic E-state index is 0.0928. The van der Waals surface area contributed by atoms with Crippen LogP contribution in [0.4, 0.5) is 11.4 Å². The average Bonchev–Trinajstić information content (AvgIpc) is 3.12. The highest BCUT2D eigenvalue weighted by Crippen LogP contribution is 2.28. The van der Waals surface area contributed by atoms with Crippen LogP contribution >= 0.6 is 0 Å². The Hall–Kier alpha value is -3.72. The largest absolute Gasteiger partial charge is 0.458 e. The molecule has 0 bridgehead atoms. The number of hydrogen-bond acceptors (Lipinski definition) is 6. The van der Waals surface area contributed by atoms with E-state index in [0.717, 1.165) is 5.39 Å². The van der Waals surface area contributed by atoms with Crippen LogP contribution in [0.1, 0.15) is 18.2 Å². The molecule has 0 aliphatic carbocycles. The highest BCUT2D eigenvalue weighted by atomic mass is 16.6. The predicted molar refractivity (Wildman–Crippen MR) is 105 cm³/mol. The van der Waals surface area contributed by atoms with Crippen LogP contribution in [-0.2, 0) is 15.2 Å². The zero-order chi connectivity index (χ0) is 21.2. The maximum absolute atomic E-state index is 12.1. The van der Waals surface area contributed by atoms with Crippen molar-refractivity contribution in [1.82, 2.24) is 5.32 Å². The molecular weight excluding hydrogens is 378 g/mol. The fraction of sp³-hybridized carbons (Fsp3) is 0.200. The van der Waals surface area contributed by atoms with Gasteiger partial charge in [-0.2, -0.15) is 0 Å². The van der Waals surface area contributed by atoms with E-state index in [-0.39, 0.29) is 23.7 Å². The van der Waals surface area contributed by atoms with Gasteiger partial charge in [0.1, 0.15) is 22.6 Å². The Labute approximate surface area is 165 Å². The van der Waals surface area contributed by atoms with Crippen molar-refractivity contribution >= 4 is 34.2 Å². The zero-order valence-electron chi connectivity index (χ0n) is 15.8. The van der Waals surface area contributed by atoms with E-state index in [2.05, 4.69) is 10.6 Å². The number of nitrogens with zero attached hydrogens (tertiary/aromatic N) is 1. The number of aliphatic hydroxyl groups is 1. The lowest BCUT2D eigenvalue weighted by Gasteiger charge is -2.20. The fourth-order valence-corrected chi connectivity index (χ4v) is 2.74. The molecule has 3 aromatic rings.